The van der Waals surface area contributed by atoms with E-state index in [9.17, 15) is 13.2 Å². The average Bonchev–Trinajstić information content (AvgIpc) is 3.55. The SMILES string of the molecule is COC(=O)N[C@@H](C)CCc1nccc(-c2[nH]c(C3CC3)nc2-c2cccc(NS(C)(=O)=O)c2)n1. The Morgan fingerprint density at radius 2 is 2.06 bits per heavy atom. The summed E-state index contributed by atoms with van der Waals surface area (Å²) in [7, 11) is -2.07. The van der Waals surface area contributed by atoms with Gasteiger partial charge in [0.15, 0.2) is 0 Å². The summed E-state index contributed by atoms with van der Waals surface area (Å²) in [5.41, 5.74) is 3.43. The number of amides is 1. The molecule has 0 radical (unpaired) electrons. The van der Waals surface area contributed by atoms with E-state index in [1.807, 2.05) is 19.1 Å². The van der Waals surface area contributed by atoms with Crippen LogP contribution >= 0.6 is 0 Å². The van der Waals surface area contributed by atoms with Crippen molar-refractivity contribution in [2.24, 2.45) is 0 Å². The number of rotatable bonds is 9. The molecule has 1 atom stereocenters. The van der Waals surface area contributed by atoms with Gasteiger partial charge >= 0.3 is 6.09 Å². The molecular weight excluding hydrogens is 456 g/mol. The fourth-order valence-electron chi connectivity index (χ4n) is 3.62. The molecule has 1 amide bonds. The molecule has 0 bridgehead atoms. The number of alkyl carbamates (subject to hydrolysis) is 1. The number of anilines is 1. The molecule has 1 aliphatic carbocycles. The number of hydrogen-bond acceptors (Lipinski definition) is 7. The molecule has 11 heteroatoms. The van der Waals surface area contributed by atoms with Gasteiger partial charge in [-0.15, -0.1) is 0 Å². The van der Waals surface area contributed by atoms with Crippen molar-refractivity contribution in [1.29, 1.82) is 0 Å². The number of carbonyl (C=O) groups excluding carboxylic acids is 1. The topological polar surface area (TPSA) is 139 Å². The minimum absolute atomic E-state index is 0.0889. The number of sulfonamides is 1. The zero-order valence-electron chi connectivity index (χ0n) is 19.3. The molecule has 0 aliphatic heterocycles. The maximum Gasteiger partial charge on any atom is 0.407 e. The van der Waals surface area contributed by atoms with Crippen molar-refractivity contribution >= 4 is 21.8 Å². The Hall–Kier alpha value is -3.47. The van der Waals surface area contributed by atoms with Gasteiger partial charge in [-0.2, -0.15) is 0 Å². The van der Waals surface area contributed by atoms with Crippen molar-refractivity contribution in [3.05, 3.63) is 48.2 Å². The summed E-state index contributed by atoms with van der Waals surface area (Å²) >= 11 is 0. The van der Waals surface area contributed by atoms with Crippen molar-refractivity contribution in [3.8, 4) is 22.6 Å². The second-order valence-electron chi connectivity index (χ2n) is 8.51. The van der Waals surface area contributed by atoms with Crippen LogP contribution in [0.1, 0.15) is 43.8 Å². The second kappa shape index (κ2) is 9.80. The van der Waals surface area contributed by atoms with Gasteiger partial charge in [0.2, 0.25) is 10.0 Å². The van der Waals surface area contributed by atoms with Gasteiger partial charge in [0.25, 0.3) is 0 Å². The van der Waals surface area contributed by atoms with E-state index in [0.29, 0.717) is 41.7 Å². The van der Waals surface area contributed by atoms with E-state index in [4.69, 9.17) is 9.97 Å². The molecule has 4 rings (SSSR count). The lowest BCUT2D eigenvalue weighted by atomic mass is 10.1. The van der Waals surface area contributed by atoms with E-state index < -0.39 is 16.1 Å². The highest BCUT2D eigenvalue weighted by atomic mass is 32.2. The Balaban J connectivity index is 1.62. The first kappa shape index (κ1) is 23.7. The Morgan fingerprint density at radius 1 is 1.26 bits per heavy atom. The minimum Gasteiger partial charge on any atom is -0.453 e. The van der Waals surface area contributed by atoms with E-state index in [0.717, 1.165) is 36.2 Å². The van der Waals surface area contributed by atoms with Crippen LogP contribution in [0, 0.1) is 0 Å². The van der Waals surface area contributed by atoms with Crippen LogP contribution in [0.25, 0.3) is 22.6 Å². The first-order chi connectivity index (χ1) is 16.2. The average molecular weight is 485 g/mol. The van der Waals surface area contributed by atoms with Crippen molar-refractivity contribution in [2.75, 3.05) is 18.1 Å². The largest absolute Gasteiger partial charge is 0.453 e. The van der Waals surface area contributed by atoms with Crippen LogP contribution in [0.15, 0.2) is 36.5 Å². The van der Waals surface area contributed by atoms with E-state index >= 15 is 0 Å². The van der Waals surface area contributed by atoms with Gasteiger partial charge in [0.1, 0.15) is 11.6 Å². The van der Waals surface area contributed by atoms with Gasteiger partial charge in [-0.25, -0.2) is 28.2 Å². The molecule has 10 nitrogen and oxygen atoms in total. The number of imidazole rings is 1. The fourth-order valence-corrected chi connectivity index (χ4v) is 4.17. The van der Waals surface area contributed by atoms with Crippen molar-refractivity contribution in [2.45, 2.75) is 44.6 Å². The van der Waals surface area contributed by atoms with Crippen LogP contribution in [-0.4, -0.2) is 53.9 Å². The fraction of sp³-hybridized carbons (Fsp3) is 0.391. The lowest BCUT2D eigenvalue weighted by Crippen LogP contribution is -2.32. The van der Waals surface area contributed by atoms with E-state index in [-0.39, 0.29) is 6.04 Å². The highest BCUT2D eigenvalue weighted by Gasteiger charge is 2.29. The molecule has 3 aromatic rings. The number of methoxy groups -OCH3 is 1. The van der Waals surface area contributed by atoms with Crippen LogP contribution in [0.4, 0.5) is 10.5 Å². The van der Waals surface area contributed by atoms with Crippen molar-refractivity contribution in [1.82, 2.24) is 25.3 Å². The normalized spacial score (nSPS) is 14.4. The molecule has 0 spiro atoms. The van der Waals surface area contributed by atoms with E-state index in [2.05, 4.69) is 24.7 Å². The highest BCUT2D eigenvalue weighted by Crippen LogP contribution is 2.41. The molecule has 1 saturated carbocycles. The molecule has 1 aliphatic rings. The van der Waals surface area contributed by atoms with E-state index in [1.54, 1.807) is 24.4 Å². The Bertz CT molecular complexity index is 1290. The highest BCUT2D eigenvalue weighted by molar-refractivity contribution is 7.92. The summed E-state index contributed by atoms with van der Waals surface area (Å²) in [6.45, 7) is 1.90. The molecule has 1 aromatic carbocycles. The second-order valence-corrected chi connectivity index (χ2v) is 10.3. The smallest absolute Gasteiger partial charge is 0.407 e. The number of aryl methyl sites for hydroxylation is 1. The molecule has 2 aromatic heterocycles. The van der Waals surface area contributed by atoms with Gasteiger partial charge in [-0.3, -0.25) is 4.72 Å². The third-order valence-electron chi connectivity index (χ3n) is 5.44. The Kier molecular flexibility index (Phi) is 6.82. The van der Waals surface area contributed by atoms with Crippen molar-refractivity contribution in [3.63, 3.8) is 0 Å². The van der Waals surface area contributed by atoms with Crippen LogP contribution in [-0.2, 0) is 21.2 Å². The number of aromatic amines is 1. The zero-order chi connectivity index (χ0) is 24.3. The molecular formula is C23H28N6O4S. The predicted octanol–water partition coefficient (Wildman–Crippen LogP) is 3.46. The summed E-state index contributed by atoms with van der Waals surface area (Å²) in [6, 6.07) is 8.89. The molecule has 1 fully saturated rings. The summed E-state index contributed by atoms with van der Waals surface area (Å²) < 4.78 is 30.5. The maximum atomic E-state index is 11.7. The monoisotopic (exact) mass is 484 g/mol. The third-order valence-corrected chi connectivity index (χ3v) is 6.04. The van der Waals surface area contributed by atoms with Gasteiger partial charge in [0, 0.05) is 35.8 Å². The van der Waals surface area contributed by atoms with Gasteiger partial charge < -0.3 is 15.0 Å². The summed E-state index contributed by atoms with van der Waals surface area (Å²) in [5, 5.41) is 2.74. The van der Waals surface area contributed by atoms with E-state index in [1.165, 1.54) is 7.11 Å². The standard InChI is InChI=1S/C23H28N6O4S/c1-14(25-23(30)33-2)7-10-19-24-12-11-18(26-19)21-20(27-22(28-21)15-8-9-15)16-5-4-6-17(13-16)29-34(3,31)32/h4-6,11-15,29H,7-10H2,1-3H3,(H,25,30)(H,27,28)/t14-/m0/s1. The van der Waals surface area contributed by atoms with Gasteiger partial charge in [-0.1, -0.05) is 12.1 Å². The predicted molar refractivity (Wildman–Crippen MR) is 129 cm³/mol. The number of nitrogens with zero attached hydrogens (tertiary/aromatic N) is 3. The Labute approximate surface area is 198 Å². The summed E-state index contributed by atoms with van der Waals surface area (Å²) in [4.78, 5) is 28.8. The lowest BCUT2D eigenvalue weighted by molar-refractivity contribution is 0.167. The van der Waals surface area contributed by atoms with Gasteiger partial charge in [0.05, 0.1) is 30.4 Å². The molecule has 34 heavy (non-hydrogen) atoms. The maximum absolute atomic E-state index is 11.7. The summed E-state index contributed by atoms with van der Waals surface area (Å²) in [5.74, 6) is 1.95. The molecule has 0 saturated heterocycles. The first-order valence-electron chi connectivity index (χ1n) is 11.1. The third kappa shape index (κ3) is 6.10. The molecule has 3 N–H and O–H groups in total. The number of ether oxygens (including phenoxy) is 1. The molecule has 2 heterocycles. The molecule has 180 valence electrons. The number of benzene rings is 1. The number of carbonyl (C=O) groups is 1. The molecule has 0 unspecified atom stereocenters. The summed E-state index contributed by atoms with van der Waals surface area (Å²) in [6.07, 6.45) is 5.76. The quantitative estimate of drug-likeness (QED) is 0.423. The Morgan fingerprint density at radius 3 is 2.76 bits per heavy atom. The number of nitrogens with one attached hydrogen (secondary N) is 3. The number of hydrogen-bond donors (Lipinski definition) is 3. The van der Waals surface area contributed by atoms with Crippen LogP contribution in [0.5, 0.6) is 0 Å². The first-order valence-corrected chi connectivity index (χ1v) is 13.0. The van der Waals surface area contributed by atoms with Crippen molar-refractivity contribution < 1.29 is 17.9 Å². The lowest BCUT2D eigenvalue weighted by Gasteiger charge is -2.12. The van der Waals surface area contributed by atoms with Crippen LogP contribution in [0.3, 0.4) is 0 Å². The zero-order valence-corrected chi connectivity index (χ0v) is 20.1. The van der Waals surface area contributed by atoms with Crippen LogP contribution in [0.2, 0.25) is 0 Å². The van der Waals surface area contributed by atoms with Crippen LogP contribution < -0.4 is 10.0 Å². The number of aromatic nitrogens is 4. The van der Waals surface area contributed by atoms with Gasteiger partial charge in [-0.05, 0) is 44.4 Å². The number of H-pyrrole nitrogens is 1. The minimum atomic E-state index is -3.40.